The zero-order chi connectivity index (χ0) is 11.7. The maximum Gasteiger partial charge on any atom is 0.0496 e. The van der Waals surface area contributed by atoms with Crippen LogP contribution in [0.15, 0.2) is 0 Å². The molecule has 0 saturated heterocycles. The van der Waals surface area contributed by atoms with Gasteiger partial charge in [-0.05, 0) is 24.2 Å². The van der Waals surface area contributed by atoms with Crippen LogP contribution in [0.1, 0.15) is 40.0 Å². The summed E-state index contributed by atoms with van der Waals surface area (Å²) in [6, 6.07) is 0. The van der Waals surface area contributed by atoms with Crippen molar-refractivity contribution in [1.29, 1.82) is 0 Å². The number of ether oxygens (including phenoxy) is 2. The molecular weight excluding hydrogens is 188 g/mol. The summed E-state index contributed by atoms with van der Waals surface area (Å²) in [7, 11) is 3.59. The molecule has 2 heteroatoms. The first-order valence-corrected chi connectivity index (χ1v) is 6.15. The van der Waals surface area contributed by atoms with Crippen LogP contribution < -0.4 is 0 Å². The van der Waals surface area contributed by atoms with Gasteiger partial charge in [-0.1, -0.05) is 33.6 Å². The molecule has 15 heavy (non-hydrogen) atoms. The Kier molecular flexibility index (Phi) is 9.12. The van der Waals surface area contributed by atoms with Gasteiger partial charge < -0.3 is 9.47 Å². The second-order valence-electron chi connectivity index (χ2n) is 4.72. The Balaban J connectivity index is 4.23. The highest BCUT2D eigenvalue weighted by atomic mass is 16.5. The van der Waals surface area contributed by atoms with Crippen molar-refractivity contribution in [2.45, 2.75) is 40.0 Å². The van der Waals surface area contributed by atoms with Crippen LogP contribution in [-0.2, 0) is 9.47 Å². The van der Waals surface area contributed by atoms with Gasteiger partial charge in [0, 0.05) is 27.4 Å². The number of rotatable bonds is 9. The molecular formula is C13H28O2. The van der Waals surface area contributed by atoms with Crippen LogP contribution in [0.25, 0.3) is 0 Å². The topological polar surface area (TPSA) is 18.5 Å². The van der Waals surface area contributed by atoms with E-state index in [-0.39, 0.29) is 0 Å². The molecule has 0 aliphatic heterocycles. The summed E-state index contributed by atoms with van der Waals surface area (Å²) in [5.74, 6) is 1.94. The molecule has 2 unspecified atom stereocenters. The standard InChI is InChI=1S/C13H28O2/c1-6-7-8-12(9-14-4)13(10-15-5)11(2)3/h11-13H,6-10H2,1-5H3. The zero-order valence-electron chi connectivity index (χ0n) is 11.1. The van der Waals surface area contributed by atoms with Crippen LogP contribution in [0.4, 0.5) is 0 Å². The van der Waals surface area contributed by atoms with Crippen LogP contribution in [0.5, 0.6) is 0 Å². The molecule has 0 aromatic rings. The van der Waals surface area contributed by atoms with Crippen molar-refractivity contribution in [1.82, 2.24) is 0 Å². The van der Waals surface area contributed by atoms with E-state index in [4.69, 9.17) is 9.47 Å². The second kappa shape index (κ2) is 9.17. The van der Waals surface area contributed by atoms with Crippen molar-refractivity contribution < 1.29 is 9.47 Å². The third-order valence-electron chi connectivity index (χ3n) is 3.13. The molecule has 2 nitrogen and oxygen atoms in total. The average molecular weight is 216 g/mol. The van der Waals surface area contributed by atoms with E-state index in [2.05, 4.69) is 20.8 Å². The molecule has 0 aromatic carbocycles. The van der Waals surface area contributed by atoms with Crippen LogP contribution in [0, 0.1) is 17.8 Å². The number of methoxy groups -OCH3 is 2. The first-order chi connectivity index (χ1) is 7.17. The van der Waals surface area contributed by atoms with Crippen molar-refractivity contribution in [3.05, 3.63) is 0 Å². The summed E-state index contributed by atoms with van der Waals surface area (Å²) in [4.78, 5) is 0. The maximum atomic E-state index is 5.32. The van der Waals surface area contributed by atoms with Crippen molar-refractivity contribution in [2.75, 3.05) is 27.4 Å². The monoisotopic (exact) mass is 216 g/mol. The first kappa shape index (κ1) is 14.9. The lowest BCUT2D eigenvalue weighted by atomic mass is 9.81. The van der Waals surface area contributed by atoms with Gasteiger partial charge in [-0.15, -0.1) is 0 Å². The number of unbranched alkanes of at least 4 members (excludes halogenated alkanes) is 1. The van der Waals surface area contributed by atoms with E-state index in [1.54, 1.807) is 14.2 Å². The molecule has 0 N–H and O–H groups in total. The van der Waals surface area contributed by atoms with Crippen LogP contribution in [0.3, 0.4) is 0 Å². The normalized spacial score (nSPS) is 15.6. The van der Waals surface area contributed by atoms with E-state index >= 15 is 0 Å². The van der Waals surface area contributed by atoms with Gasteiger partial charge in [0.1, 0.15) is 0 Å². The van der Waals surface area contributed by atoms with E-state index in [1.165, 1.54) is 19.3 Å². The highest BCUT2D eigenvalue weighted by molar-refractivity contribution is 4.72. The van der Waals surface area contributed by atoms with Gasteiger partial charge in [0.05, 0.1) is 0 Å². The Morgan fingerprint density at radius 2 is 1.60 bits per heavy atom. The summed E-state index contributed by atoms with van der Waals surface area (Å²) in [6.07, 6.45) is 3.81. The maximum absolute atomic E-state index is 5.32. The summed E-state index contributed by atoms with van der Waals surface area (Å²) in [6.45, 7) is 8.52. The summed E-state index contributed by atoms with van der Waals surface area (Å²) in [5.41, 5.74) is 0. The zero-order valence-corrected chi connectivity index (χ0v) is 11.1. The average Bonchev–Trinajstić information content (AvgIpc) is 2.21. The van der Waals surface area contributed by atoms with Crippen molar-refractivity contribution in [3.63, 3.8) is 0 Å². The summed E-state index contributed by atoms with van der Waals surface area (Å²) >= 11 is 0. The van der Waals surface area contributed by atoms with Crippen molar-refractivity contribution in [2.24, 2.45) is 17.8 Å². The number of hydrogen-bond acceptors (Lipinski definition) is 2. The Hall–Kier alpha value is -0.0800. The molecule has 2 atom stereocenters. The van der Waals surface area contributed by atoms with E-state index in [1.807, 2.05) is 0 Å². The Labute approximate surface area is 95.3 Å². The van der Waals surface area contributed by atoms with E-state index in [0.717, 1.165) is 13.2 Å². The Morgan fingerprint density at radius 1 is 1.00 bits per heavy atom. The SMILES string of the molecule is CCCCC(COC)C(COC)C(C)C. The van der Waals surface area contributed by atoms with Gasteiger partial charge in [0.25, 0.3) is 0 Å². The fourth-order valence-corrected chi connectivity index (χ4v) is 2.17. The third-order valence-corrected chi connectivity index (χ3v) is 3.13. The van der Waals surface area contributed by atoms with E-state index < -0.39 is 0 Å². The smallest absolute Gasteiger partial charge is 0.0496 e. The lowest BCUT2D eigenvalue weighted by Gasteiger charge is -2.29. The molecule has 0 fully saturated rings. The molecule has 0 aromatic heterocycles. The molecule has 0 aliphatic rings. The summed E-state index contributed by atoms with van der Waals surface area (Å²) in [5, 5.41) is 0. The number of hydrogen-bond donors (Lipinski definition) is 0. The van der Waals surface area contributed by atoms with Gasteiger partial charge in [0.2, 0.25) is 0 Å². The minimum atomic E-state index is 0.626. The fourth-order valence-electron chi connectivity index (χ4n) is 2.17. The lowest BCUT2D eigenvalue weighted by Crippen LogP contribution is -2.28. The highest BCUT2D eigenvalue weighted by Gasteiger charge is 2.23. The van der Waals surface area contributed by atoms with Gasteiger partial charge in [-0.25, -0.2) is 0 Å². The quantitative estimate of drug-likeness (QED) is 0.588. The highest BCUT2D eigenvalue weighted by Crippen LogP contribution is 2.26. The molecule has 0 spiro atoms. The minimum Gasteiger partial charge on any atom is -0.384 e. The van der Waals surface area contributed by atoms with Crippen LogP contribution in [-0.4, -0.2) is 27.4 Å². The first-order valence-electron chi connectivity index (χ1n) is 6.15. The van der Waals surface area contributed by atoms with Gasteiger partial charge in [-0.2, -0.15) is 0 Å². The fraction of sp³-hybridized carbons (Fsp3) is 1.00. The molecule has 0 bridgehead atoms. The predicted octanol–water partition coefficient (Wildman–Crippen LogP) is 3.36. The van der Waals surface area contributed by atoms with E-state index in [0.29, 0.717) is 17.8 Å². The molecule has 0 saturated carbocycles. The Morgan fingerprint density at radius 3 is 2.00 bits per heavy atom. The van der Waals surface area contributed by atoms with Crippen LogP contribution in [0.2, 0.25) is 0 Å². The molecule has 0 rings (SSSR count). The van der Waals surface area contributed by atoms with Gasteiger partial charge in [0.15, 0.2) is 0 Å². The van der Waals surface area contributed by atoms with Crippen molar-refractivity contribution in [3.8, 4) is 0 Å². The van der Waals surface area contributed by atoms with Gasteiger partial charge >= 0.3 is 0 Å². The molecule has 0 radical (unpaired) electrons. The lowest BCUT2D eigenvalue weighted by molar-refractivity contribution is 0.0435. The predicted molar refractivity (Wildman–Crippen MR) is 65.1 cm³/mol. The van der Waals surface area contributed by atoms with Crippen LogP contribution >= 0.6 is 0 Å². The Bertz CT molecular complexity index is 134. The largest absolute Gasteiger partial charge is 0.384 e. The summed E-state index contributed by atoms with van der Waals surface area (Å²) < 4.78 is 10.6. The van der Waals surface area contributed by atoms with E-state index in [9.17, 15) is 0 Å². The third kappa shape index (κ3) is 6.16. The molecule has 92 valence electrons. The second-order valence-corrected chi connectivity index (χ2v) is 4.72. The molecule has 0 aliphatic carbocycles. The van der Waals surface area contributed by atoms with Crippen molar-refractivity contribution >= 4 is 0 Å². The molecule has 0 heterocycles. The van der Waals surface area contributed by atoms with Gasteiger partial charge in [-0.3, -0.25) is 0 Å². The molecule has 0 amide bonds. The minimum absolute atomic E-state index is 0.626.